The summed E-state index contributed by atoms with van der Waals surface area (Å²) in [5.41, 5.74) is 2.93. The molecule has 0 aromatic rings. The third kappa shape index (κ3) is 2.57. The Bertz CT molecular complexity index is 306. The van der Waals surface area contributed by atoms with Crippen LogP contribution < -0.4 is 10.8 Å². The molecule has 4 nitrogen and oxygen atoms in total. The lowest BCUT2D eigenvalue weighted by molar-refractivity contribution is -0.205. The van der Waals surface area contributed by atoms with Gasteiger partial charge >= 0.3 is 0 Å². The molecule has 2 fully saturated rings. The van der Waals surface area contributed by atoms with Crippen molar-refractivity contribution < 1.29 is 9.57 Å². The van der Waals surface area contributed by atoms with E-state index in [1.807, 2.05) is 0 Å². The van der Waals surface area contributed by atoms with E-state index in [0.717, 1.165) is 25.7 Å². The Balaban J connectivity index is 2.22. The SMILES string of the molecule is CCC1(CC)ONC2(CC(C)(C)NC(C)(C)C2)O1. The lowest BCUT2D eigenvalue weighted by Gasteiger charge is -2.50. The van der Waals surface area contributed by atoms with Crippen LogP contribution in [0, 0.1) is 0 Å². The number of hydrogen-bond acceptors (Lipinski definition) is 4. The molecule has 2 rings (SSSR count). The lowest BCUT2D eigenvalue weighted by atomic mass is 9.77. The van der Waals surface area contributed by atoms with Gasteiger partial charge in [0, 0.05) is 36.8 Å². The minimum atomic E-state index is -0.455. The lowest BCUT2D eigenvalue weighted by Crippen LogP contribution is -2.66. The summed E-state index contributed by atoms with van der Waals surface area (Å²) in [5.74, 6) is -0.455. The second-order valence-corrected chi connectivity index (χ2v) is 7.16. The third-order valence-corrected chi connectivity index (χ3v) is 4.01. The molecule has 0 bridgehead atoms. The summed E-state index contributed by atoms with van der Waals surface area (Å²) in [7, 11) is 0. The zero-order valence-electron chi connectivity index (χ0n) is 12.6. The molecule has 0 radical (unpaired) electrons. The van der Waals surface area contributed by atoms with Crippen LogP contribution in [0.15, 0.2) is 0 Å². The van der Waals surface area contributed by atoms with Crippen LogP contribution in [0.4, 0.5) is 0 Å². The predicted molar refractivity (Wildman–Crippen MR) is 71.9 cm³/mol. The molecule has 0 aromatic carbocycles. The Kier molecular flexibility index (Phi) is 3.30. The first-order valence-corrected chi connectivity index (χ1v) is 7.10. The Morgan fingerprint density at radius 1 is 0.944 bits per heavy atom. The summed E-state index contributed by atoms with van der Waals surface area (Å²) in [5, 5.41) is 3.67. The Morgan fingerprint density at radius 3 is 1.83 bits per heavy atom. The molecule has 1 spiro atoms. The smallest absolute Gasteiger partial charge is 0.189 e. The Hall–Kier alpha value is -0.160. The van der Waals surface area contributed by atoms with Gasteiger partial charge in [0.25, 0.3) is 0 Å². The van der Waals surface area contributed by atoms with Gasteiger partial charge in [-0.15, -0.1) is 0 Å². The number of hydrogen-bond donors (Lipinski definition) is 2. The first kappa shape index (κ1) is 14.3. The molecule has 2 aliphatic rings. The van der Waals surface area contributed by atoms with Gasteiger partial charge in [0.2, 0.25) is 0 Å². The summed E-state index contributed by atoms with van der Waals surface area (Å²) < 4.78 is 6.37. The van der Waals surface area contributed by atoms with Gasteiger partial charge in [-0.2, -0.15) is 5.48 Å². The van der Waals surface area contributed by atoms with Gasteiger partial charge in [0.1, 0.15) is 5.72 Å². The highest BCUT2D eigenvalue weighted by molar-refractivity contribution is 5.05. The highest BCUT2D eigenvalue weighted by Crippen LogP contribution is 2.44. The first-order chi connectivity index (χ1) is 8.16. The minimum absolute atomic E-state index is 0.0374. The fourth-order valence-electron chi connectivity index (χ4n) is 3.76. The third-order valence-electron chi connectivity index (χ3n) is 4.01. The summed E-state index contributed by atoms with van der Waals surface area (Å²) in [6.07, 6.45) is 3.55. The number of ether oxygens (including phenoxy) is 1. The molecule has 18 heavy (non-hydrogen) atoms. The number of piperidine rings is 1. The van der Waals surface area contributed by atoms with E-state index in [2.05, 4.69) is 52.3 Å². The van der Waals surface area contributed by atoms with Crippen molar-refractivity contribution in [3.8, 4) is 0 Å². The molecule has 2 aliphatic heterocycles. The zero-order valence-corrected chi connectivity index (χ0v) is 12.6. The van der Waals surface area contributed by atoms with Crippen LogP contribution in [0.3, 0.4) is 0 Å². The second kappa shape index (κ2) is 4.17. The molecule has 0 aliphatic carbocycles. The molecule has 2 saturated heterocycles. The van der Waals surface area contributed by atoms with E-state index in [4.69, 9.17) is 9.57 Å². The average molecular weight is 256 g/mol. The van der Waals surface area contributed by atoms with Gasteiger partial charge in [-0.25, -0.2) is 0 Å². The van der Waals surface area contributed by atoms with Crippen molar-refractivity contribution in [2.75, 3.05) is 0 Å². The monoisotopic (exact) mass is 256 g/mol. The van der Waals surface area contributed by atoms with E-state index in [-0.39, 0.29) is 16.8 Å². The van der Waals surface area contributed by atoms with Crippen LogP contribution in [0.2, 0.25) is 0 Å². The Morgan fingerprint density at radius 2 is 1.44 bits per heavy atom. The summed E-state index contributed by atoms with van der Waals surface area (Å²) in [6, 6.07) is 0. The van der Waals surface area contributed by atoms with E-state index >= 15 is 0 Å². The molecular formula is C14H28N2O2. The van der Waals surface area contributed by atoms with Crippen molar-refractivity contribution in [2.45, 2.75) is 89.8 Å². The summed E-state index contributed by atoms with van der Waals surface area (Å²) in [6.45, 7) is 13.1. The quantitative estimate of drug-likeness (QED) is 0.797. The zero-order chi connectivity index (χ0) is 13.7. The predicted octanol–water partition coefficient (Wildman–Crippen LogP) is 2.69. The van der Waals surface area contributed by atoms with Crippen molar-refractivity contribution in [1.29, 1.82) is 0 Å². The van der Waals surface area contributed by atoms with E-state index in [9.17, 15) is 0 Å². The van der Waals surface area contributed by atoms with Crippen LogP contribution in [0.1, 0.15) is 67.2 Å². The standard InChI is InChI=1S/C14H28N2O2/c1-7-14(8-2)17-13(16-18-14)9-11(3,4)15-12(5,6)10-13/h15-16H,7-10H2,1-6H3. The highest BCUT2D eigenvalue weighted by atomic mass is 16.9. The number of rotatable bonds is 2. The first-order valence-electron chi connectivity index (χ1n) is 7.10. The maximum atomic E-state index is 6.37. The van der Waals surface area contributed by atoms with Crippen molar-refractivity contribution in [2.24, 2.45) is 0 Å². The molecule has 0 atom stereocenters. The molecule has 2 N–H and O–H groups in total. The minimum Gasteiger partial charge on any atom is -0.325 e. The van der Waals surface area contributed by atoms with Gasteiger partial charge in [-0.3, -0.25) is 4.84 Å². The van der Waals surface area contributed by atoms with E-state index < -0.39 is 5.79 Å². The van der Waals surface area contributed by atoms with E-state index in [0.29, 0.717) is 0 Å². The van der Waals surface area contributed by atoms with Crippen LogP contribution >= 0.6 is 0 Å². The largest absolute Gasteiger partial charge is 0.325 e. The van der Waals surface area contributed by atoms with Crippen LogP contribution in [-0.2, 0) is 9.57 Å². The highest BCUT2D eigenvalue weighted by Gasteiger charge is 2.56. The maximum absolute atomic E-state index is 6.37. The Labute approximate surface area is 111 Å². The average Bonchev–Trinajstić information content (AvgIpc) is 2.52. The molecule has 0 saturated carbocycles. The molecule has 2 heterocycles. The topological polar surface area (TPSA) is 42.5 Å². The van der Waals surface area contributed by atoms with E-state index in [1.165, 1.54) is 0 Å². The molecule has 4 heteroatoms. The van der Waals surface area contributed by atoms with Gasteiger partial charge in [-0.05, 0) is 27.7 Å². The molecular weight excluding hydrogens is 228 g/mol. The van der Waals surface area contributed by atoms with Crippen LogP contribution in [0.25, 0.3) is 0 Å². The van der Waals surface area contributed by atoms with Crippen molar-refractivity contribution >= 4 is 0 Å². The van der Waals surface area contributed by atoms with Crippen LogP contribution in [-0.4, -0.2) is 22.6 Å². The summed E-state index contributed by atoms with van der Waals surface area (Å²) >= 11 is 0. The number of hydroxylamine groups is 1. The van der Waals surface area contributed by atoms with Gasteiger partial charge < -0.3 is 10.1 Å². The van der Waals surface area contributed by atoms with Crippen molar-refractivity contribution in [3.63, 3.8) is 0 Å². The maximum Gasteiger partial charge on any atom is 0.189 e. The molecule has 0 aromatic heterocycles. The molecule has 106 valence electrons. The van der Waals surface area contributed by atoms with Crippen LogP contribution in [0.5, 0.6) is 0 Å². The molecule has 0 unspecified atom stereocenters. The molecule has 0 amide bonds. The van der Waals surface area contributed by atoms with Crippen molar-refractivity contribution in [3.05, 3.63) is 0 Å². The van der Waals surface area contributed by atoms with Gasteiger partial charge in [-0.1, -0.05) is 13.8 Å². The van der Waals surface area contributed by atoms with Crippen molar-refractivity contribution in [1.82, 2.24) is 10.8 Å². The fourth-order valence-corrected chi connectivity index (χ4v) is 3.76. The van der Waals surface area contributed by atoms with Gasteiger partial charge in [0.05, 0.1) is 0 Å². The number of nitrogens with one attached hydrogen (secondary N) is 2. The van der Waals surface area contributed by atoms with E-state index in [1.54, 1.807) is 0 Å². The fraction of sp³-hybridized carbons (Fsp3) is 1.00. The summed E-state index contributed by atoms with van der Waals surface area (Å²) in [4.78, 5) is 5.82. The van der Waals surface area contributed by atoms with Gasteiger partial charge in [0.15, 0.2) is 5.79 Å². The normalized spacial score (nSPS) is 31.7. The second-order valence-electron chi connectivity index (χ2n) is 7.16.